The van der Waals surface area contributed by atoms with Crippen LogP contribution in [0.2, 0.25) is 0 Å². The lowest BCUT2D eigenvalue weighted by Gasteiger charge is -2.14. The largest absolute Gasteiger partial charge is 0.508 e. The van der Waals surface area contributed by atoms with E-state index in [0.29, 0.717) is 24.5 Å². The number of unbranched alkanes of at least 4 members (excludes halogenated alkanes) is 3. The molecule has 0 saturated heterocycles. The summed E-state index contributed by atoms with van der Waals surface area (Å²) in [5, 5.41) is 10.5. The molecule has 0 amide bonds. The van der Waals surface area contributed by atoms with E-state index in [0.717, 1.165) is 43.9 Å². The quantitative estimate of drug-likeness (QED) is 0.318. The molecular formula is C25H35NO4. The Bertz CT molecular complexity index is 936. The molecule has 164 valence electrons. The van der Waals surface area contributed by atoms with Crippen molar-refractivity contribution in [3.63, 3.8) is 0 Å². The molecule has 0 aliphatic heterocycles. The van der Waals surface area contributed by atoms with E-state index in [1.807, 2.05) is 6.08 Å². The van der Waals surface area contributed by atoms with Gasteiger partial charge in [-0.2, -0.15) is 0 Å². The van der Waals surface area contributed by atoms with Gasteiger partial charge in [0, 0.05) is 11.5 Å². The van der Waals surface area contributed by atoms with E-state index < -0.39 is 0 Å². The number of aromatic amines is 1. The topological polar surface area (TPSA) is 71.5 Å². The smallest absolute Gasteiger partial charge is 0.294 e. The molecule has 0 saturated carbocycles. The maximum absolute atomic E-state index is 12.7. The summed E-state index contributed by atoms with van der Waals surface area (Å²) in [6.45, 7) is 9.25. The van der Waals surface area contributed by atoms with Gasteiger partial charge in [-0.05, 0) is 58.2 Å². The van der Waals surface area contributed by atoms with Crippen molar-refractivity contribution in [1.82, 2.24) is 4.98 Å². The zero-order valence-electron chi connectivity index (χ0n) is 18.7. The van der Waals surface area contributed by atoms with E-state index in [4.69, 9.17) is 9.47 Å². The predicted octanol–water partition coefficient (Wildman–Crippen LogP) is 6.26. The van der Waals surface area contributed by atoms with Crippen LogP contribution in [0, 0.1) is 0 Å². The Kier molecular flexibility index (Phi) is 9.52. The van der Waals surface area contributed by atoms with Crippen LogP contribution in [-0.2, 0) is 0 Å². The first kappa shape index (κ1) is 23.6. The van der Waals surface area contributed by atoms with Crippen LogP contribution >= 0.6 is 0 Å². The number of pyridine rings is 1. The van der Waals surface area contributed by atoms with E-state index in [1.165, 1.54) is 17.2 Å². The summed E-state index contributed by atoms with van der Waals surface area (Å²) >= 11 is 0. The third-order valence-corrected chi connectivity index (χ3v) is 4.90. The van der Waals surface area contributed by atoms with Gasteiger partial charge in [0.25, 0.3) is 5.56 Å². The monoisotopic (exact) mass is 413 g/mol. The van der Waals surface area contributed by atoms with Gasteiger partial charge in [0.05, 0.1) is 12.1 Å². The van der Waals surface area contributed by atoms with Crippen molar-refractivity contribution < 1.29 is 14.6 Å². The number of aromatic hydroxyl groups is 1. The number of ether oxygens (including phenoxy) is 2. The van der Waals surface area contributed by atoms with Gasteiger partial charge in [0.1, 0.15) is 12.4 Å². The van der Waals surface area contributed by atoms with Crippen LogP contribution in [0.4, 0.5) is 0 Å². The number of benzene rings is 1. The van der Waals surface area contributed by atoms with Crippen LogP contribution < -0.4 is 15.0 Å². The number of hydrogen-bond acceptors (Lipinski definition) is 4. The molecular weight excluding hydrogens is 378 g/mol. The Morgan fingerprint density at radius 2 is 1.87 bits per heavy atom. The maximum atomic E-state index is 12.7. The summed E-state index contributed by atoms with van der Waals surface area (Å²) in [7, 11) is 0. The van der Waals surface area contributed by atoms with Gasteiger partial charge in [0.2, 0.25) is 5.75 Å². The van der Waals surface area contributed by atoms with E-state index in [2.05, 4.69) is 38.8 Å². The molecule has 0 unspecified atom stereocenters. The first-order valence-electron chi connectivity index (χ1n) is 10.9. The highest BCUT2D eigenvalue weighted by atomic mass is 16.5. The lowest BCUT2D eigenvalue weighted by Crippen LogP contribution is -2.14. The van der Waals surface area contributed by atoms with Crippen molar-refractivity contribution in [2.45, 2.75) is 66.2 Å². The van der Waals surface area contributed by atoms with Crippen molar-refractivity contribution in [3.8, 4) is 17.2 Å². The summed E-state index contributed by atoms with van der Waals surface area (Å²) in [6, 6.07) is 4.86. The molecule has 2 N–H and O–H groups in total. The summed E-state index contributed by atoms with van der Waals surface area (Å²) in [6.07, 6.45) is 10.5. The second-order valence-corrected chi connectivity index (χ2v) is 7.93. The van der Waals surface area contributed by atoms with Crippen molar-refractivity contribution in [2.75, 3.05) is 13.2 Å². The summed E-state index contributed by atoms with van der Waals surface area (Å²) in [5.41, 5.74) is 2.71. The summed E-state index contributed by atoms with van der Waals surface area (Å²) < 4.78 is 11.9. The van der Waals surface area contributed by atoms with Crippen molar-refractivity contribution in [1.29, 1.82) is 0 Å². The number of rotatable bonds is 12. The molecule has 1 heterocycles. The first-order valence-corrected chi connectivity index (χ1v) is 10.9. The van der Waals surface area contributed by atoms with Crippen molar-refractivity contribution in [2.24, 2.45) is 0 Å². The molecule has 1 aromatic carbocycles. The SMILES string of the molecule is CCCCCCOc1c(OC/C=C(\C)CCC=C(C)C)c(=O)[nH]c2cc(O)ccc12. The average molecular weight is 414 g/mol. The molecule has 1 aromatic heterocycles. The first-order chi connectivity index (χ1) is 14.4. The zero-order valence-corrected chi connectivity index (χ0v) is 18.7. The second-order valence-electron chi connectivity index (χ2n) is 7.93. The standard InChI is InChI=1S/C25H35NO4/c1-5-6-7-8-15-29-23-21-13-12-20(27)17-22(21)26-25(28)24(23)30-16-14-19(4)11-9-10-18(2)3/h10,12-14,17,27H,5-9,11,15-16H2,1-4H3,(H,26,28)/b19-14+. The number of H-pyrrole nitrogens is 1. The third kappa shape index (κ3) is 7.29. The molecule has 0 bridgehead atoms. The predicted molar refractivity (Wildman–Crippen MR) is 124 cm³/mol. The van der Waals surface area contributed by atoms with Gasteiger partial charge in [-0.25, -0.2) is 0 Å². The van der Waals surface area contributed by atoms with E-state index in [1.54, 1.807) is 12.1 Å². The molecule has 5 nitrogen and oxygen atoms in total. The Morgan fingerprint density at radius 3 is 2.60 bits per heavy atom. The van der Waals surface area contributed by atoms with Crippen molar-refractivity contribution >= 4 is 10.9 Å². The number of fused-ring (bicyclic) bond motifs is 1. The molecule has 0 aliphatic carbocycles. The van der Waals surface area contributed by atoms with Crippen LogP contribution in [0.5, 0.6) is 17.2 Å². The summed E-state index contributed by atoms with van der Waals surface area (Å²) in [4.78, 5) is 15.4. The van der Waals surface area contributed by atoms with Crippen LogP contribution in [0.15, 0.2) is 46.3 Å². The highest BCUT2D eigenvalue weighted by Gasteiger charge is 2.16. The third-order valence-electron chi connectivity index (χ3n) is 4.90. The van der Waals surface area contributed by atoms with Gasteiger partial charge in [-0.15, -0.1) is 0 Å². The molecule has 30 heavy (non-hydrogen) atoms. The zero-order chi connectivity index (χ0) is 21.9. The Morgan fingerprint density at radius 1 is 1.07 bits per heavy atom. The molecule has 0 radical (unpaired) electrons. The molecule has 0 atom stereocenters. The lowest BCUT2D eigenvalue weighted by atomic mass is 10.1. The van der Waals surface area contributed by atoms with Crippen molar-refractivity contribution in [3.05, 3.63) is 51.9 Å². The van der Waals surface area contributed by atoms with E-state index >= 15 is 0 Å². The highest BCUT2D eigenvalue weighted by Crippen LogP contribution is 2.33. The number of phenols is 1. The van der Waals surface area contributed by atoms with Gasteiger partial charge < -0.3 is 19.6 Å². The van der Waals surface area contributed by atoms with Gasteiger partial charge in [-0.1, -0.05) is 43.4 Å². The fourth-order valence-corrected chi connectivity index (χ4v) is 3.17. The minimum atomic E-state index is -0.354. The van der Waals surface area contributed by atoms with E-state index in [9.17, 15) is 9.90 Å². The molecule has 2 aromatic rings. The number of phenolic OH excluding ortho intramolecular Hbond substituents is 1. The second kappa shape index (κ2) is 12.1. The van der Waals surface area contributed by atoms with Gasteiger partial charge in [-0.3, -0.25) is 4.79 Å². The molecule has 0 spiro atoms. The van der Waals surface area contributed by atoms with E-state index in [-0.39, 0.29) is 17.1 Å². The van der Waals surface area contributed by atoms with Crippen LogP contribution in [0.25, 0.3) is 10.9 Å². The molecule has 2 rings (SSSR count). The highest BCUT2D eigenvalue weighted by molar-refractivity contribution is 5.88. The van der Waals surface area contributed by atoms with Crippen LogP contribution in [0.1, 0.15) is 66.2 Å². The minimum Gasteiger partial charge on any atom is -0.508 e. The minimum absolute atomic E-state index is 0.0932. The van der Waals surface area contributed by atoms with Gasteiger partial charge in [0.15, 0.2) is 5.75 Å². The number of allylic oxidation sites excluding steroid dienone is 3. The average Bonchev–Trinajstić information content (AvgIpc) is 2.68. The molecule has 0 fully saturated rings. The van der Waals surface area contributed by atoms with Crippen LogP contribution in [0.3, 0.4) is 0 Å². The fourth-order valence-electron chi connectivity index (χ4n) is 3.17. The number of aromatic nitrogens is 1. The Labute approximate surface area is 179 Å². The lowest BCUT2D eigenvalue weighted by molar-refractivity contribution is 0.277. The Balaban J connectivity index is 2.19. The normalized spacial score (nSPS) is 11.5. The molecule has 0 aliphatic rings. The van der Waals surface area contributed by atoms with Crippen LogP contribution in [-0.4, -0.2) is 23.3 Å². The maximum Gasteiger partial charge on any atom is 0.294 e. The fraction of sp³-hybridized carbons (Fsp3) is 0.480. The number of hydrogen-bond donors (Lipinski definition) is 2. The summed E-state index contributed by atoms with van der Waals surface area (Å²) in [5.74, 6) is 0.730. The molecule has 5 heteroatoms. The Hall–Kier alpha value is -2.69. The van der Waals surface area contributed by atoms with Gasteiger partial charge >= 0.3 is 0 Å². The number of nitrogens with one attached hydrogen (secondary N) is 1.